The van der Waals surface area contributed by atoms with Gasteiger partial charge in [-0.05, 0) is 31.0 Å². The first kappa shape index (κ1) is 15.6. The van der Waals surface area contributed by atoms with Gasteiger partial charge in [0.15, 0.2) is 5.82 Å². The number of H-pyrrole nitrogens is 1. The second-order valence-corrected chi connectivity index (χ2v) is 7.27. The highest BCUT2D eigenvalue weighted by molar-refractivity contribution is 6.06. The highest BCUT2D eigenvalue weighted by Gasteiger charge is 2.40. The molecule has 1 saturated carbocycles. The molecule has 2 N–H and O–H groups in total. The average molecular weight is 352 g/mol. The molecule has 7 nitrogen and oxygen atoms in total. The lowest BCUT2D eigenvalue weighted by Crippen LogP contribution is -2.29. The third-order valence-corrected chi connectivity index (χ3v) is 5.51. The van der Waals surface area contributed by atoms with Crippen molar-refractivity contribution in [1.82, 2.24) is 20.0 Å². The van der Waals surface area contributed by atoms with Gasteiger partial charge >= 0.3 is 0 Å². The van der Waals surface area contributed by atoms with Crippen molar-refractivity contribution in [2.24, 2.45) is 5.92 Å². The van der Waals surface area contributed by atoms with E-state index < -0.39 is 0 Å². The Morgan fingerprint density at radius 3 is 3.00 bits per heavy atom. The minimum absolute atomic E-state index is 0.00998. The molecule has 3 heterocycles. The number of carbonyl (C=O) groups is 1. The van der Waals surface area contributed by atoms with Gasteiger partial charge in [-0.2, -0.15) is 4.98 Å². The van der Waals surface area contributed by atoms with E-state index in [1.165, 1.54) is 0 Å². The number of carbonyl (C=O) groups excluding carboxylic acids is 1. The second kappa shape index (κ2) is 5.95. The summed E-state index contributed by atoms with van der Waals surface area (Å²) in [6, 6.07) is 7.59. The van der Waals surface area contributed by atoms with Crippen LogP contribution >= 0.6 is 0 Å². The maximum Gasteiger partial charge on any atom is 0.254 e. The van der Waals surface area contributed by atoms with Crippen LogP contribution < -0.4 is 0 Å². The van der Waals surface area contributed by atoms with E-state index in [0.717, 1.165) is 29.6 Å². The van der Waals surface area contributed by atoms with Crippen molar-refractivity contribution >= 4 is 16.8 Å². The van der Waals surface area contributed by atoms with Crippen molar-refractivity contribution < 1.29 is 14.4 Å². The molecule has 3 aromatic rings. The zero-order valence-corrected chi connectivity index (χ0v) is 14.3. The van der Waals surface area contributed by atoms with E-state index >= 15 is 0 Å². The van der Waals surface area contributed by atoms with Crippen molar-refractivity contribution in [3.63, 3.8) is 0 Å². The topological polar surface area (TPSA) is 95.2 Å². The van der Waals surface area contributed by atoms with E-state index in [1.54, 1.807) is 4.90 Å². The molecule has 1 aromatic carbocycles. The Bertz CT molecular complexity index is 959. The first-order valence-corrected chi connectivity index (χ1v) is 9.04. The fourth-order valence-electron chi connectivity index (χ4n) is 3.85. The normalized spacial score (nSPS) is 23.0. The number of nitrogens with one attached hydrogen (secondary N) is 1. The number of aliphatic hydroxyl groups excluding tert-OH is 1. The van der Waals surface area contributed by atoms with E-state index in [4.69, 9.17) is 4.52 Å². The molecule has 1 aliphatic carbocycles. The van der Waals surface area contributed by atoms with Crippen LogP contribution in [-0.4, -0.2) is 50.7 Å². The molecule has 2 atom stereocenters. The number of rotatable bonds is 4. The van der Waals surface area contributed by atoms with Crippen LogP contribution in [-0.2, 0) is 0 Å². The molecule has 2 aliphatic rings. The van der Waals surface area contributed by atoms with Crippen molar-refractivity contribution in [3.05, 3.63) is 47.7 Å². The van der Waals surface area contributed by atoms with E-state index in [0.29, 0.717) is 30.5 Å². The number of fused-ring (bicyclic) bond motifs is 1. The van der Waals surface area contributed by atoms with Gasteiger partial charge in [-0.25, -0.2) is 0 Å². The second-order valence-electron chi connectivity index (χ2n) is 7.27. The molecule has 0 radical (unpaired) electrons. The van der Waals surface area contributed by atoms with E-state index in [-0.39, 0.29) is 24.3 Å². The summed E-state index contributed by atoms with van der Waals surface area (Å²) in [5, 5.41) is 14.8. The molecule has 1 aliphatic heterocycles. The van der Waals surface area contributed by atoms with Crippen molar-refractivity contribution in [3.8, 4) is 0 Å². The largest absolute Gasteiger partial charge is 0.396 e. The van der Waals surface area contributed by atoms with Crippen LogP contribution in [0, 0.1) is 5.92 Å². The molecule has 7 heteroatoms. The number of hydrogen-bond donors (Lipinski definition) is 2. The Kier molecular flexibility index (Phi) is 3.56. The van der Waals surface area contributed by atoms with Crippen molar-refractivity contribution in [2.75, 3.05) is 19.7 Å². The molecule has 2 aromatic heterocycles. The molecule has 1 saturated heterocycles. The van der Waals surface area contributed by atoms with Gasteiger partial charge in [0, 0.05) is 54.2 Å². The fourth-order valence-corrected chi connectivity index (χ4v) is 3.85. The van der Waals surface area contributed by atoms with Gasteiger partial charge in [-0.3, -0.25) is 4.79 Å². The lowest BCUT2D eigenvalue weighted by atomic mass is 9.97. The SMILES string of the molecule is O=C(c1cccc2[nH]ccc12)N1CC(CO)C(c2nc(C3CC3)no2)C1. The van der Waals surface area contributed by atoms with E-state index in [2.05, 4.69) is 15.1 Å². The van der Waals surface area contributed by atoms with Gasteiger partial charge in [0.2, 0.25) is 5.89 Å². The van der Waals surface area contributed by atoms with Crippen LogP contribution in [0.2, 0.25) is 0 Å². The maximum absolute atomic E-state index is 13.1. The molecule has 2 unspecified atom stereocenters. The maximum atomic E-state index is 13.1. The zero-order chi connectivity index (χ0) is 17.7. The monoisotopic (exact) mass is 352 g/mol. The number of aromatic nitrogens is 3. The smallest absolute Gasteiger partial charge is 0.254 e. The first-order valence-electron chi connectivity index (χ1n) is 9.04. The number of amides is 1. The molecule has 2 fully saturated rings. The van der Waals surface area contributed by atoms with Crippen LogP contribution in [0.3, 0.4) is 0 Å². The minimum Gasteiger partial charge on any atom is -0.396 e. The average Bonchev–Trinajstić information content (AvgIpc) is 3.09. The standard InChI is InChI=1S/C19H20N4O3/c24-10-12-8-23(9-15(12)18-21-17(22-26-18)11-4-5-11)19(25)14-2-1-3-16-13(14)6-7-20-16/h1-3,6-7,11-12,15,20,24H,4-5,8-10H2. The summed E-state index contributed by atoms with van der Waals surface area (Å²) >= 11 is 0. The van der Waals surface area contributed by atoms with Crippen molar-refractivity contribution in [1.29, 1.82) is 0 Å². The Labute approximate surface area is 150 Å². The number of aromatic amines is 1. The molecule has 0 bridgehead atoms. The Balaban J connectivity index is 1.41. The van der Waals surface area contributed by atoms with Crippen LogP contribution in [0.4, 0.5) is 0 Å². The van der Waals surface area contributed by atoms with Crippen LogP contribution in [0.5, 0.6) is 0 Å². The fraction of sp³-hybridized carbons (Fsp3) is 0.421. The number of aliphatic hydroxyl groups is 1. The molecular formula is C19H20N4O3. The van der Waals surface area contributed by atoms with Gasteiger partial charge in [-0.1, -0.05) is 11.2 Å². The Morgan fingerprint density at radius 2 is 2.19 bits per heavy atom. The summed E-state index contributed by atoms with van der Waals surface area (Å²) < 4.78 is 5.46. The third-order valence-electron chi connectivity index (χ3n) is 5.51. The van der Waals surface area contributed by atoms with Crippen molar-refractivity contribution in [2.45, 2.75) is 24.7 Å². The summed E-state index contributed by atoms with van der Waals surface area (Å²) in [7, 11) is 0. The number of nitrogens with zero attached hydrogens (tertiary/aromatic N) is 3. The summed E-state index contributed by atoms with van der Waals surface area (Å²) in [5.41, 5.74) is 1.61. The molecule has 1 amide bonds. The van der Waals surface area contributed by atoms with Crippen LogP contribution in [0.25, 0.3) is 10.9 Å². The summed E-state index contributed by atoms with van der Waals surface area (Å²) in [5.74, 6) is 1.49. The molecule has 134 valence electrons. The van der Waals surface area contributed by atoms with Gasteiger partial charge in [0.1, 0.15) is 0 Å². The number of hydrogen-bond acceptors (Lipinski definition) is 5. The minimum atomic E-state index is -0.116. The first-order chi connectivity index (χ1) is 12.7. The predicted molar refractivity (Wildman–Crippen MR) is 93.8 cm³/mol. The van der Waals surface area contributed by atoms with Gasteiger partial charge in [0.05, 0.1) is 5.92 Å². The lowest BCUT2D eigenvalue weighted by Gasteiger charge is -2.16. The molecule has 5 rings (SSSR count). The van der Waals surface area contributed by atoms with E-state index in [9.17, 15) is 9.90 Å². The summed E-state index contributed by atoms with van der Waals surface area (Å²) in [6.45, 7) is 0.961. The number of benzene rings is 1. The Morgan fingerprint density at radius 1 is 1.31 bits per heavy atom. The predicted octanol–water partition coefficient (Wildman–Crippen LogP) is 2.28. The van der Waals surface area contributed by atoms with Gasteiger partial charge in [-0.15, -0.1) is 0 Å². The Hall–Kier alpha value is -2.67. The molecular weight excluding hydrogens is 332 g/mol. The van der Waals surface area contributed by atoms with Crippen LogP contribution in [0.15, 0.2) is 35.0 Å². The van der Waals surface area contributed by atoms with Crippen LogP contribution in [0.1, 0.15) is 46.8 Å². The lowest BCUT2D eigenvalue weighted by molar-refractivity contribution is 0.0783. The van der Waals surface area contributed by atoms with Gasteiger partial charge < -0.3 is 19.5 Å². The quantitative estimate of drug-likeness (QED) is 0.751. The summed E-state index contributed by atoms with van der Waals surface area (Å²) in [4.78, 5) is 22.5. The third kappa shape index (κ3) is 2.50. The van der Waals surface area contributed by atoms with E-state index in [1.807, 2.05) is 30.5 Å². The highest BCUT2D eigenvalue weighted by atomic mass is 16.5. The summed E-state index contributed by atoms with van der Waals surface area (Å²) in [6.07, 6.45) is 4.05. The zero-order valence-electron chi connectivity index (χ0n) is 14.3. The van der Waals surface area contributed by atoms with Gasteiger partial charge in [0.25, 0.3) is 5.91 Å². The molecule has 0 spiro atoms. The molecule has 26 heavy (non-hydrogen) atoms. The highest BCUT2D eigenvalue weighted by Crippen LogP contribution is 2.40. The number of likely N-dealkylation sites (tertiary alicyclic amines) is 1.